The second kappa shape index (κ2) is 7.41. The number of hydrogen-bond acceptors (Lipinski definition) is 3. The smallest absolute Gasteiger partial charge is 0.118 e. The van der Waals surface area contributed by atoms with Crippen LogP contribution in [0.5, 0.6) is 0 Å². The Morgan fingerprint density at radius 1 is 0.880 bits per heavy atom. The van der Waals surface area contributed by atoms with Gasteiger partial charge in [0, 0.05) is 22.5 Å². The van der Waals surface area contributed by atoms with E-state index in [0.717, 1.165) is 28.1 Å². The van der Waals surface area contributed by atoms with Gasteiger partial charge in [-0.05, 0) is 49.2 Å². The van der Waals surface area contributed by atoms with Gasteiger partial charge in [-0.1, -0.05) is 59.2 Å². The fourth-order valence-electron chi connectivity index (χ4n) is 2.74. The van der Waals surface area contributed by atoms with Gasteiger partial charge in [-0.2, -0.15) is 0 Å². The van der Waals surface area contributed by atoms with Crippen molar-refractivity contribution in [2.24, 2.45) is 5.16 Å². The van der Waals surface area contributed by atoms with Crippen molar-refractivity contribution in [3.05, 3.63) is 94.0 Å². The molecule has 3 nitrogen and oxygen atoms in total. The van der Waals surface area contributed by atoms with Gasteiger partial charge in [-0.15, -0.1) is 0 Å². The average molecular weight is 351 g/mol. The summed E-state index contributed by atoms with van der Waals surface area (Å²) in [5, 5.41) is 16.9. The summed E-state index contributed by atoms with van der Waals surface area (Å²) >= 11 is 6.48. The molecule has 2 N–H and O–H groups in total. The highest BCUT2D eigenvalue weighted by atomic mass is 35.5. The van der Waals surface area contributed by atoms with Crippen molar-refractivity contribution in [3.8, 4) is 0 Å². The van der Waals surface area contributed by atoms with E-state index in [-0.39, 0.29) is 0 Å². The molecule has 0 aliphatic heterocycles. The number of anilines is 2. The summed E-state index contributed by atoms with van der Waals surface area (Å²) in [5.41, 5.74) is 6.09. The summed E-state index contributed by atoms with van der Waals surface area (Å²) in [5.74, 6) is 0. The third-order valence-electron chi connectivity index (χ3n) is 4.15. The van der Waals surface area contributed by atoms with Gasteiger partial charge in [0.05, 0.1) is 5.02 Å². The molecule has 25 heavy (non-hydrogen) atoms. The molecule has 0 aromatic heterocycles. The van der Waals surface area contributed by atoms with Crippen LogP contribution < -0.4 is 5.32 Å². The molecule has 0 aliphatic rings. The Hall–Kier alpha value is -2.78. The summed E-state index contributed by atoms with van der Waals surface area (Å²) in [7, 11) is 0. The maximum Gasteiger partial charge on any atom is 0.118 e. The molecule has 0 unspecified atom stereocenters. The Morgan fingerprint density at radius 3 is 2.20 bits per heavy atom. The van der Waals surface area contributed by atoms with Gasteiger partial charge in [0.15, 0.2) is 0 Å². The number of hydrogen-bond donors (Lipinski definition) is 2. The third kappa shape index (κ3) is 3.67. The van der Waals surface area contributed by atoms with Crippen molar-refractivity contribution in [2.75, 3.05) is 5.32 Å². The van der Waals surface area contributed by atoms with E-state index >= 15 is 0 Å². The number of oxime groups is 1. The zero-order chi connectivity index (χ0) is 17.8. The molecule has 0 heterocycles. The lowest BCUT2D eigenvalue weighted by molar-refractivity contribution is 0.319. The van der Waals surface area contributed by atoms with Gasteiger partial charge in [0.2, 0.25) is 0 Å². The van der Waals surface area contributed by atoms with E-state index in [4.69, 9.17) is 11.6 Å². The van der Waals surface area contributed by atoms with Crippen LogP contribution in [0.15, 0.2) is 71.9 Å². The molecule has 0 amide bonds. The number of rotatable bonds is 4. The molecule has 0 spiro atoms. The molecule has 4 heteroatoms. The number of aryl methyl sites for hydroxylation is 2. The van der Waals surface area contributed by atoms with E-state index in [2.05, 4.69) is 10.5 Å². The van der Waals surface area contributed by atoms with Crippen LogP contribution >= 0.6 is 11.6 Å². The number of nitrogens with zero attached hydrogens (tertiary/aromatic N) is 1. The van der Waals surface area contributed by atoms with Crippen LogP contribution in [0, 0.1) is 13.8 Å². The number of halogens is 1. The number of para-hydroxylation sites is 1. The lowest BCUT2D eigenvalue weighted by atomic mass is 9.98. The van der Waals surface area contributed by atoms with Crippen molar-refractivity contribution in [1.29, 1.82) is 0 Å². The topological polar surface area (TPSA) is 44.6 Å². The molecule has 0 fully saturated rings. The molecule has 0 radical (unpaired) electrons. The van der Waals surface area contributed by atoms with E-state index in [1.54, 1.807) is 0 Å². The Kier molecular flexibility index (Phi) is 5.05. The van der Waals surface area contributed by atoms with E-state index < -0.39 is 0 Å². The summed E-state index contributed by atoms with van der Waals surface area (Å²) in [6.45, 7) is 4.02. The summed E-state index contributed by atoms with van der Waals surface area (Å²) in [6, 6.07) is 21.4. The van der Waals surface area contributed by atoms with Crippen molar-refractivity contribution in [2.45, 2.75) is 13.8 Å². The minimum absolute atomic E-state index is 0.463. The van der Waals surface area contributed by atoms with Crippen molar-refractivity contribution >= 4 is 28.7 Å². The van der Waals surface area contributed by atoms with Gasteiger partial charge in [0.25, 0.3) is 0 Å². The predicted octanol–water partition coefficient (Wildman–Crippen LogP) is 5.93. The Labute approximate surface area is 152 Å². The molecule has 126 valence electrons. The van der Waals surface area contributed by atoms with Crippen LogP contribution in [-0.2, 0) is 0 Å². The molecular formula is C21H19ClN2O. The van der Waals surface area contributed by atoms with Gasteiger partial charge in [-0.25, -0.2) is 0 Å². The van der Waals surface area contributed by atoms with E-state index in [1.807, 2.05) is 80.6 Å². The van der Waals surface area contributed by atoms with Gasteiger partial charge in [-0.3, -0.25) is 0 Å². The molecule has 0 saturated heterocycles. The van der Waals surface area contributed by atoms with Crippen LogP contribution in [0.2, 0.25) is 5.02 Å². The SMILES string of the molecule is Cc1ccccc1Nc1ccc(/C(=N\O)c2ccccc2C)c(Cl)c1. The molecule has 3 aromatic rings. The van der Waals surface area contributed by atoms with Crippen molar-refractivity contribution < 1.29 is 5.21 Å². The van der Waals surface area contributed by atoms with Crippen molar-refractivity contribution in [1.82, 2.24) is 0 Å². The van der Waals surface area contributed by atoms with E-state index in [0.29, 0.717) is 16.3 Å². The Bertz CT molecular complexity index is 935. The largest absolute Gasteiger partial charge is 0.410 e. The van der Waals surface area contributed by atoms with Crippen LogP contribution in [0.25, 0.3) is 0 Å². The Balaban J connectivity index is 1.94. The zero-order valence-corrected chi connectivity index (χ0v) is 14.9. The summed E-state index contributed by atoms with van der Waals surface area (Å²) in [4.78, 5) is 0. The lowest BCUT2D eigenvalue weighted by Gasteiger charge is -2.13. The Morgan fingerprint density at radius 2 is 1.56 bits per heavy atom. The molecular weight excluding hydrogens is 332 g/mol. The van der Waals surface area contributed by atoms with Crippen LogP contribution in [0.4, 0.5) is 11.4 Å². The molecule has 0 bridgehead atoms. The van der Waals surface area contributed by atoms with Crippen LogP contribution in [-0.4, -0.2) is 10.9 Å². The fourth-order valence-corrected chi connectivity index (χ4v) is 3.02. The van der Waals surface area contributed by atoms with Gasteiger partial charge >= 0.3 is 0 Å². The standard InChI is InChI=1S/C21H19ClN2O/c1-14-7-3-5-9-17(14)21(24-25)18-12-11-16(13-19(18)22)23-20-10-6-4-8-15(20)2/h3-13,23,25H,1-2H3/b24-21-. The maximum absolute atomic E-state index is 9.54. The fraction of sp³-hybridized carbons (Fsp3) is 0.0952. The van der Waals surface area contributed by atoms with E-state index in [9.17, 15) is 5.21 Å². The van der Waals surface area contributed by atoms with Gasteiger partial charge < -0.3 is 10.5 Å². The predicted molar refractivity (Wildman–Crippen MR) is 105 cm³/mol. The number of nitrogens with one attached hydrogen (secondary N) is 1. The zero-order valence-electron chi connectivity index (χ0n) is 14.1. The second-order valence-corrected chi connectivity index (χ2v) is 6.31. The average Bonchev–Trinajstić information content (AvgIpc) is 2.61. The van der Waals surface area contributed by atoms with Crippen molar-refractivity contribution in [3.63, 3.8) is 0 Å². The monoisotopic (exact) mass is 350 g/mol. The highest BCUT2D eigenvalue weighted by molar-refractivity contribution is 6.35. The first-order valence-electron chi connectivity index (χ1n) is 8.01. The minimum Gasteiger partial charge on any atom is -0.410 e. The highest BCUT2D eigenvalue weighted by Gasteiger charge is 2.14. The van der Waals surface area contributed by atoms with Crippen LogP contribution in [0.1, 0.15) is 22.3 Å². The first-order valence-corrected chi connectivity index (χ1v) is 8.38. The van der Waals surface area contributed by atoms with Crippen LogP contribution in [0.3, 0.4) is 0 Å². The molecule has 0 atom stereocenters. The molecule has 0 saturated carbocycles. The maximum atomic E-state index is 9.54. The summed E-state index contributed by atoms with van der Waals surface area (Å²) in [6.07, 6.45) is 0. The normalized spacial score (nSPS) is 11.4. The second-order valence-electron chi connectivity index (χ2n) is 5.90. The van der Waals surface area contributed by atoms with Gasteiger partial charge in [0.1, 0.15) is 5.71 Å². The summed E-state index contributed by atoms with van der Waals surface area (Å²) < 4.78 is 0. The minimum atomic E-state index is 0.463. The molecule has 0 aliphatic carbocycles. The third-order valence-corrected chi connectivity index (χ3v) is 4.46. The molecule has 3 rings (SSSR count). The quantitative estimate of drug-likeness (QED) is 0.348. The first-order chi connectivity index (χ1) is 12.1. The number of benzene rings is 3. The highest BCUT2D eigenvalue weighted by Crippen LogP contribution is 2.27. The van der Waals surface area contributed by atoms with E-state index in [1.165, 1.54) is 0 Å². The lowest BCUT2D eigenvalue weighted by Crippen LogP contribution is -2.06. The molecule has 3 aromatic carbocycles. The first kappa shape index (κ1) is 17.1.